The Bertz CT molecular complexity index is 557. The second-order valence-electron chi connectivity index (χ2n) is 4.28. The Morgan fingerprint density at radius 1 is 1.40 bits per heavy atom. The average molecular weight is 300 g/mol. The van der Waals surface area contributed by atoms with E-state index in [1.54, 1.807) is 25.1 Å². The molecule has 1 aromatic rings. The molecule has 20 heavy (non-hydrogen) atoms. The smallest absolute Gasteiger partial charge is 0.241 e. The highest BCUT2D eigenvalue weighted by Crippen LogP contribution is 2.22. The third-order valence-electron chi connectivity index (χ3n) is 2.83. The Kier molecular flexibility index (Phi) is 6.12. The molecule has 0 aliphatic rings. The van der Waals surface area contributed by atoms with Gasteiger partial charge in [0, 0.05) is 13.7 Å². The lowest BCUT2D eigenvalue weighted by molar-refractivity contribution is -0.117. The first-order chi connectivity index (χ1) is 9.42. The van der Waals surface area contributed by atoms with E-state index in [2.05, 4.69) is 5.32 Å². The van der Waals surface area contributed by atoms with Crippen LogP contribution in [0.5, 0.6) is 0 Å². The first-order valence-electron chi connectivity index (χ1n) is 6.29. The summed E-state index contributed by atoms with van der Waals surface area (Å²) < 4.78 is 28.7. The third-order valence-corrected chi connectivity index (χ3v) is 4.62. The molecule has 6 nitrogen and oxygen atoms in total. The molecule has 0 aliphatic heterocycles. The molecule has 1 atom stereocenters. The lowest BCUT2D eigenvalue weighted by Crippen LogP contribution is -2.36. The van der Waals surface area contributed by atoms with E-state index < -0.39 is 21.8 Å². The molecule has 7 heteroatoms. The van der Waals surface area contributed by atoms with Gasteiger partial charge in [-0.3, -0.25) is 4.79 Å². The maximum Gasteiger partial charge on any atom is 0.241 e. The van der Waals surface area contributed by atoms with Crippen LogP contribution < -0.4 is 11.1 Å². The van der Waals surface area contributed by atoms with Gasteiger partial charge in [-0.2, -0.15) is 0 Å². The number of anilines is 1. The van der Waals surface area contributed by atoms with Crippen LogP contribution in [0.3, 0.4) is 0 Å². The van der Waals surface area contributed by atoms with Crippen molar-refractivity contribution in [3.05, 3.63) is 24.3 Å². The van der Waals surface area contributed by atoms with Crippen LogP contribution in [0.25, 0.3) is 0 Å². The van der Waals surface area contributed by atoms with Gasteiger partial charge >= 0.3 is 0 Å². The van der Waals surface area contributed by atoms with E-state index in [1.165, 1.54) is 13.2 Å². The van der Waals surface area contributed by atoms with Crippen molar-refractivity contribution in [2.75, 3.05) is 24.8 Å². The molecule has 0 saturated carbocycles. The lowest BCUT2D eigenvalue weighted by atomic mass is 10.2. The van der Waals surface area contributed by atoms with Crippen LogP contribution in [0.4, 0.5) is 5.69 Å². The minimum Gasteiger partial charge on any atom is -0.385 e. The summed E-state index contributed by atoms with van der Waals surface area (Å²) in [6.07, 6.45) is 0.366. The van der Waals surface area contributed by atoms with Gasteiger partial charge in [0.05, 0.1) is 22.4 Å². The summed E-state index contributed by atoms with van der Waals surface area (Å²) in [4.78, 5) is 12.0. The van der Waals surface area contributed by atoms with E-state index in [0.29, 0.717) is 13.0 Å². The molecule has 3 N–H and O–H groups in total. The Balaban J connectivity index is 2.91. The minimum absolute atomic E-state index is 0.0321. The van der Waals surface area contributed by atoms with Gasteiger partial charge < -0.3 is 15.8 Å². The Hall–Kier alpha value is -1.44. The number of rotatable bonds is 7. The van der Waals surface area contributed by atoms with Crippen LogP contribution in [0.2, 0.25) is 0 Å². The summed E-state index contributed by atoms with van der Waals surface area (Å²) in [5, 5.41) is 2.56. The molecule has 0 fully saturated rings. The molecule has 0 aliphatic carbocycles. The van der Waals surface area contributed by atoms with E-state index in [4.69, 9.17) is 10.5 Å². The monoisotopic (exact) mass is 300 g/mol. The van der Waals surface area contributed by atoms with Crippen LogP contribution in [0, 0.1) is 0 Å². The summed E-state index contributed by atoms with van der Waals surface area (Å²) in [7, 11) is -1.88. The number of methoxy groups -OCH3 is 1. The molecular formula is C13H20N2O4S. The number of para-hydroxylation sites is 1. The first kappa shape index (κ1) is 16.6. The SMILES string of the molecule is CCS(=O)(=O)c1ccccc1NC(=O)C(N)CCOC. The lowest BCUT2D eigenvalue weighted by Gasteiger charge is -2.14. The van der Waals surface area contributed by atoms with Crippen LogP contribution in [0.1, 0.15) is 13.3 Å². The van der Waals surface area contributed by atoms with Crippen molar-refractivity contribution in [3.63, 3.8) is 0 Å². The van der Waals surface area contributed by atoms with Gasteiger partial charge in [0.2, 0.25) is 5.91 Å². The van der Waals surface area contributed by atoms with E-state index in [-0.39, 0.29) is 16.3 Å². The quantitative estimate of drug-likeness (QED) is 0.775. The summed E-state index contributed by atoms with van der Waals surface area (Å²) >= 11 is 0. The van der Waals surface area contributed by atoms with Crippen molar-refractivity contribution in [2.24, 2.45) is 5.73 Å². The predicted molar refractivity (Wildman–Crippen MR) is 77.3 cm³/mol. The first-order valence-corrected chi connectivity index (χ1v) is 7.94. The zero-order valence-electron chi connectivity index (χ0n) is 11.6. The fraction of sp³-hybridized carbons (Fsp3) is 0.462. The zero-order valence-corrected chi connectivity index (χ0v) is 12.4. The molecule has 0 heterocycles. The summed E-state index contributed by atoms with van der Waals surface area (Å²) in [5.41, 5.74) is 5.96. The summed E-state index contributed by atoms with van der Waals surface area (Å²) in [6.45, 7) is 1.92. The maximum atomic E-state index is 11.9. The number of carbonyl (C=O) groups excluding carboxylic acids is 1. The van der Waals surface area contributed by atoms with E-state index in [9.17, 15) is 13.2 Å². The molecule has 1 rings (SSSR count). The molecule has 0 spiro atoms. The number of hydrogen-bond acceptors (Lipinski definition) is 5. The van der Waals surface area contributed by atoms with Gasteiger partial charge in [-0.25, -0.2) is 8.42 Å². The van der Waals surface area contributed by atoms with Gasteiger partial charge in [0.25, 0.3) is 0 Å². The topological polar surface area (TPSA) is 98.5 Å². The number of sulfone groups is 1. The van der Waals surface area contributed by atoms with E-state index in [1.807, 2.05) is 0 Å². The van der Waals surface area contributed by atoms with Crippen LogP contribution >= 0.6 is 0 Å². The van der Waals surface area contributed by atoms with E-state index >= 15 is 0 Å². The maximum absolute atomic E-state index is 11.9. The Labute approximate surface area is 119 Å². The van der Waals surface area contributed by atoms with Crippen molar-refractivity contribution in [1.82, 2.24) is 0 Å². The predicted octanol–water partition coefficient (Wildman–Crippen LogP) is 0.783. The van der Waals surface area contributed by atoms with Gasteiger partial charge in [-0.05, 0) is 18.6 Å². The minimum atomic E-state index is -3.40. The Morgan fingerprint density at radius 3 is 2.65 bits per heavy atom. The highest BCUT2D eigenvalue weighted by Gasteiger charge is 2.19. The number of benzene rings is 1. The molecule has 1 amide bonds. The number of nitrogens with two attached hydrogens (primary N) is 1. The van der Waals surface area contributed by atoms with Gasteiger partial charge in [0.1, 0.15) is 0 Å². The van der Waals surface area contributed by atoms with Crippen molar-refractivity contribution < 1.29 is 17.9 Å². The van der Waals surface area contributed by atoms with Crippen LogP contribution in [-0.4, -0.2) is 39.8 Å². The van der Waals surface area contributed by atoms with E-state index in [0.717, 1.165) is 0 Å². The zero-order chi connectivity index (χ0) is 15.2. The molecule has 0 bridgehead atoms. The number of amides is 1. The molecule has 1 unspecified atom stereocenters. The number of hydrogen-bond donors (Lipinski definition) is 2. The fourth-order valence-corrected chi connectivity index (χ4v) is 2.65. The van der Waals surface area contributed by atoms with Crippen LogP contribution in [-0.2, 0) is 19.4 Å². The highest BCUT2D eigenvalue weighted by atomic mass is 32.2. The normalized spacial score (nSPS) is 12.9. The number of ether oxygens (including phenoxy) is 1. The third kappa shape index (κ3) is 4.29. The van der Waals surface area contributed by atoms with Gasteiger partial charge in [-0.1, -0.05) is 19.1 Å². The van der Waals surface area contributed by atoms with Crippen molar-refractivity contribution >= 4 is 21.4 Å². The Morgan fingerprint density at radius 2 is 2.05 bits per heavy atom. The highest BCUT2D eigenvalue weighted by molar-refractivity contribution is 7.91. The second-order valence-corrected chi connectivity index (χ2v) is 6.52. The standard InChI is InChI=1S/C13H20N2O4S/c1-3-20(17,18)12-7-5-4-6-11(12)15-13(16)10(14)8-9-19-2/h4-7,10H,3,8-9,14H2,1-2H3,(H,15,16). The number of nitrogens with one attached hydrogen (secondary N) is 1. The second kappa shape index (κ2) is 7.37. The number of carbonyl (C=O) groups is 1. The molecular weight excluding hydrogens is 280 g/mol. The summed E-state index contributed by atoms with van der Waals surface area (Å²) in [5.74, 6) is -0.462. The fourth-order valence-electron chi connectivity index (χ4n) is 1.60. The molecule has 0 aromatic heterocycles. The van der Waals surface area contributed by atoms with Gasteiger partial charge in [0.15, 0.2) is 9.84 Å². The molecule has 1 aromatic carbocycles. The summed E-state index contributed by atoms with van der Waals surface area (Å²) in [6, 6.07) is 5.54. The molecule has 112 valence electrons. The van der Waals surface area contributed by atoms with Crippen LogP contribution in [0.15, 0.2) is 29.2 Å². The largest absolute Gasteiger partial charge is 0.385 e. The van der Waals surface area contributed by atoms with Crippen molar-refractivity contribution in [1.29, 1.82) is 0 Å². The molecule has 0 saturated heterocycles. The average Bonchev–Trinajstić information content (AvgIpc) is 2.45. The van der Waals surface area contributed by atoms with Gasteiger partial charge in [-0.15, -0.1) is 0 Å². The van der Waals surface area contributed by atoms with Crippen molar-refractivity contribution in [3.8, 4) is 0 Å². The molecule has 0 radical (unpaired) electrons. The van der Waals surface area contributed by atoms with Crippen molar-refractivity contribution in [2.45, 2.75) is 24.3 Å².